The van der Waals surface area contributed by atoms with Crippen LogP contribution in [0.1, 0.15) is 41.6 Å². The first-order chi connectivity index (χ1) is 9.47. The molecule has 0 spiro atoms. The lowest BCUT2D eigenvalue weighted by molar-refractivity contribution is -0.385. The molecule has 0 heterocycles. The van der Waals surface area contributed by atoms with Crippen molar-refractivity contribution in [2.75, 3.05) is 6.54 Å². The average Bonchev–Trinajstić information content (AvgIpc) is 2.87. The smallest absolute Gasteiger partial charge is 0.282 e. The van der Waals surface area contributed by atoms with Crippen LogP contribution in [0.25, 0.3) is 0 Å². The second-order valence-corrected chi connectivity index (χ2v) is 5.42. The van der Waals surface area contributed by atoms with E-state index in [1.54, 1.807) is 19.1 Å². The number of amides is 1. The molecule has 1 aromatic rings. The van der Waals surface area contributed by atoms with Crippen molar-refractivity contribution in [3.05, 3.63) is 39.4 Å². The van der Waals surface area contributed by atoms with E-state index in [1.807, 2.05) is 0 Å². The number of benzene rings is 1. The summed E-state index contributed by atoms with van der Waals surface area (Å²) in [6.45, 7) is 2.16. The zero-order valence-electron chi connectivity index (χ0n) is 11.5. The molecule has 1 amide bonds. The normalized spacial score (nSPS) is 16.9. The van der Waals surface area contributed by atoms with Crippen molar-refractivity contribution < 1.29 is 9.72 Å². The van der Waals surface area contributed by atoms with Crippen LogP contribution in [0.4, 0.5) is 5.69 Å². The minimum atomic E-state index is -0.530. The van der Waals surface area contributed by atoms with Crippen molar-refractivity contribution in [3.8, 4) is 0 Å². The number of nitrogens with zero attached hydrogens (tertiary/aromatic N) is 1. The van der Waals surface area contributed by atoms with Crippen LogP contribution in [-0.2, 0) is 0 Å². The number of carbonyl (C=O) groups excluding carboxylic acids is 1. The molecule has 1 aliphatic rings. The monoisotopic (exact) mass is 277 g/mol. The number of carbonyl (C=O) groups is 1. The Bertz CT molecular complexity index is 536. The molecular weight excluding hydrogens is 258 g/mol. The number of nitro groups is 1. The largest absolute Gasteiger partial charge is 0.345 e. The molecule has 6 heteroatoms. The minimum absolute atomic E-state index is 0.106. The van der Waals surface area contributed by atoms with Gasteiger partial charge in [-0.25, -0.2) is 0 Å². The van der Waals surface area contributed by atoms with E-state index in [0.29, 0.717) is 6.54 Å². The molecule has 2 rings (SSSR count). The van der Waals surface area contributed by atoms with Crippen molar-refractivity contribution in [1.82, 2.24) is 5.32 Å². The molecule has 1 aromatic carbocycles. The maximum absolute atomic E-state index is 12.4. The summed E-state index contributed by atoms with van der Waals surface area (Å²) in [4.78, 5) is 22.9. The van der Waals surface area contributed by atoms with Gasteiger partial charge in [0.25, 0.3) is 11.6 Å². The van der Waals surface area contributed by atoms with Crippen molar-refractivity contribution in [2.24, 2.45) is 5.73 Å². The van der Waals surface area contributed by atoms with Gasteiger partial charge in [-0.2, -0.15) is 0 Å². The van der Waals surface area contributed by atoms with Crippen molar-refractivity contribution in [2.45, 2.75) is 38.1 Å². The van der Waals surface area contributed by atoms with Gasteiger partial charge in [-0.05, 0) is 31.4 Å². The van der Waals surface area contributed by atoms with E-state index in [1.165, 1.54) is 6.07 Å². The summed E-state index contributed by atoms with van der Waals surface area (Å²) in [5, 5.41) is 13.9. The molecule has 0 aliphatic heterocycles. The molecule has 0 atom stereocenters. The van der Waals surface area contributed by atoms with Crippen LogP contribution in [0.3, 0.4) is 0 Å². The van der Waals surface area contributed by atoms with Gasteiger partial charge in [0.2, 0.25) is 0 Å². The van der Waals surface area contributed by atoms with Crippen LogP contribution in [0.5, 0.6) is 0 Å². The molecule has 0 radical (unpaired) electrons. The predicted molar refractivity (Wildman–Crippen MR) is 75.6 cm³/mol. The highest BCUT2D eigenvalue weighted by atomic mass is 16.6. The summed E-state index contributed by atoms with van der Waals surface area (Å²) in [6, 6.07) is 4.55. The topological polar surface area (TPSA) is 98.3 Å². The maximum atomic E-state index is 12.4. The van der Waals surface area contributed by atoms with Crippen LogP contribution in [-0.4, -0.2) is 22.9 Å². The fraction of sp³-hybridized carbons (Fsp3) is 0.500. The Morgan fingerprint density at radius 1 is 1.45 bits per heavy atom. The van der Waals surface area contributed by atoms with Crippen LogP contribution in [0.15, 0.2) is 18.2 Å². The van der Waals surface area contributed by atoms with E-state index < -0.39 is 16.4 Å². The standard InChI is InChI=1S/C14H19N3O3/c1-10-4-5-12(17(19)20)11(8-10)13(18)16-14(9-15)6-2-3-7-14/h4-5,8H,2-3,6-7,9,15H2,1H3,(H,16,18). The van der Waals surface area contributed by atoms with Crippen LogP contribution in [0.2, 0.25) is 0 Å². The molecule has 1 fully saturated rings. The molecule has 3 N–H and O–H groups in total. The van der Waals surface area contributed by atoms with E-state index in [-0.39, 0.29) is 11.3 Å². The summed E-state index contributed by atoms with van der Waals surface area (Å²) in [5.41, 5.74) is 6.12. The number of hydrogen-bond acceptors (Lipinski definition) is 4. The highest BCUT2D eigenvalue weighted by Gasteiger charge is 2.35. The van der Waals surface area contributed by atoms with Gasteiger partial charge in [0, 0.05) is 12.6 Å². The third kappa shape index (κ3) is 2.80. The fourth-order valence-corrected chi connectivity index (χ4v) is 2.73. The first-order valence-electron chi connectivity index (χ1n) is 6.75. The third-order valence-corrected chi connectivity index (χ3v) is 3.92. The zero-order valence-corrected chi connectivity index (χ0v) is 11.5. The number of nitrogens with one attached hydrogen (secondary N) is 1. The minimum Gasteiger partial charge on any atom is -0.345 e. The molecule has 0 aromatic heterocycles. The Morgan fingerprint density at radius 2 is 2.10 bits per heavy atom. The maximum Gasteiger partial charge on any atom is 0.282 e. The second kappa shape index (κ2) is 5.58. The summed E-state index contributed by atoms with van der Waals surface area (Å²) < 4.78 is 0. The Balaban J connectivity index is 2.29. The van der Waals surface area contributed by atoms with Gasteiger partial charge in [-0.1, -0.05) is 18.9 Å². The van der Waals surface area contributed by atoms with E-state index in [2.05, 4.69) is 5.32 Å². The molecule has 1 saturated carbocycles. The average molecular weight is 277 g/mol. The lowest BCUT2D eigenvalue weighted by Crippen LogP contribution is -2.51. The van der Waals surface area contributed by atoms with Gasteiger partial charge in [0.1, 0.15) is 5.56 Å². The van der Waals surface area contributed by atoms with Gasteiger partial charge < -0.3 is 11.1 Å². The van der Waals surface area contributed by atoms with Crippen molar-refractivity contribution in [1.29, 1.82) is 0 Å². The molecular formula is C14H19N3O3. The Labute approximate surface area is 117 Å². The lowest BCUT2D eigenvalue weighted by atomic mass is 9.96. The van der Waals surface area contributed by atoms with Gasteiger partial charge in [0.15, 0.2) is 0 Å². The number of nitrogens with two attached hydrogens (primary N) is 1. The number of nitro benzene ring substituents is 1. The highest BCUT2D eigenvalue weighted by Crippen LogP contribution is 2.30. The molecule has 0 bridgehead atoms. The predicted octanol–water partition coefficient (Wildman–Crippen LogP) is 1.90. The van der Waals surface area contributed by atoms with Crippen molar-refractivity contribution >= 4 is 11.6 Å². The second-order valence-electron chi connectivity index (χ2n) is 5.42. The van der Waals surface area contributed by atoms with E-state index in [4.69, 9.17) is 5.73 Å². The number of hydrogen-bond donors (Lipinski definition) is 2. The number of rotatable bonds is 4. The zero-order chi connectivity index (χ0) is 14.8. The van der Waals surface area contributed by atoms with Crippen LogP contribution in [0, 0.1) is 17.0 Å². The van der Waals surface area contributed by atoms with Gasteiger partial charge in [-0.3, -0.25) is 14.9 Å². The highest BCUT2D eigenvalue weighted by molar-refractivity contribution is 5.98. The summed E-state index contributed by atoms with van der Waals surface area (Å²) in [6.07, 6.45) is 3.70. The molecule has 6 nitrogen and oxygen atoms in total. The van der Waals surface area contributed by atoms with E-state index in [9.17, 15) is 14.9 Å². The summed E-state index contributed by atoms with van der Waals surface area (Å²) in [5.74, 6) is -0.409. The molecule has 1 aliphatic carbocycles. The third-order valence-electron chi connectivity index (χ3n) is 3.92. The fourth-order valence-electron chi connectivity index (χ4n) is 2.73. The van der Waals surface area contributed by atoms with Gasteiger partial charge >= 0.3 is 0 Å². The first-order valence-corrected chi connectivity index (χ1v) is 6.75. The van der Waals surface area contributed by atoms with Crippen LogP contribution >= 0.6 is 0 Å². The summed E-state index contributed by atoms with van der Waals surface area (Å²) in [7, 11) is 0. The van der Waals surface area contributed by atoms with E-state index >= 15 is 0 Å². The van der Waals surface area contributed by atoms with Crippen LogP contribution < -0.4 is 11.1 Å². The van der Waals surface area contributed by atoms with Gasteiger partial charge in [-0.15, -0.1) is 0 Å². The molecule has 0 saturated heterocycles. The number of aryl methyl sites for hydroxylation is 1. The quantitative estimate of drug-likeness (QED) is 0.648. The SMILES string of the molecule is Cc1ccc([N+](=O)[O-])c(C(=O)NC2(CN)CCCC2)c1. The lowest BCUT2D eigenvalue weighted by Gasteiger charge is -2.28. The summed E-state index contributed by atoms with van der Waals surface area (Å²) >= 11 is 0. The molecule has 0 unspecified atom stereocenters. The first kappa shape index (κ1) is 14.5. The van der Waals surface area contributed by atoms with E-state index in [0.717, 1.165) is 31.2 Å². The Hall–Kier alpha value is -1.95. The van der Waals surface area contributed by atoms with Crippen molar-refractivity contribution in [3.63, 3.8) is 0 Å². The Kier molecular flexibility index (Phi) is 4.04. The molecule has 20 heavy (non-hydrogen) atoms. The molecule has 108 valence electrons. The Morgan fingerprint density at radius 3 is 2.65 bits per heavy atom. The van der Waals surface area contributed by atoms with Gasteiger partial charge in [0.05, 0.1) is 10.5 Å².